The van der Waals surface area contributed by atoms with Crippen molar-refractivity contribution in [3.05, 3.63) is 48.0 Å². The van der Waals surface area contributed by atoms with Crippen LogP contribution in [0.3, 0.4) is 0 Å². The number of hydrogen-bond donors (Lipinski definition) is 0. The second-order valence-corrected chi connectivity index (χ2v) is 5.22. The van der Waals surface area contributed by atoms with Crippen molar-refractivity contribution >= 4 is 0 Å². The van der Waals surface area contributed by atoms with Gasteiger partial charge >= 0.3 is 0 Å². The average Bonchev–Trinajstić information content (AvgIpc) is 3.33. The summed E-state index contributed by atoms with van der Waals surface area (Å²) in [4.78, 5) is 0. The Labute approximate surface area is 122 Å². The molecule has 4 heteroatoms. The van der Waals surface area contributed by atoms with E-state index in [4.69, 9.17) is 9.47 Å². The highest BCUT2D eigenvalue weighted by Gasteiger charge is 2.22. The fourth-order valence-electron chi connectivity index (χ4n) is 2.14. The van der Waals surface area contributed by atoms with Gasteiger partial charge in [-0.2, -0.15) is 4.39 Å². The predicted octanol–water partition coefficient (Wildman–Crippen LogP) is 4.43. The first-order valence-corrected chi connectivity index (χ1v) is 6.94. The summed E-state index contributed by atoms with van der Waals surface area (Å²) in [5.74, 6) is -0.538. The molecule has 2 aromatic rings. The van der Waals surface area contributed by atoms with Crippen molar-refractivity contribution in [3.8, 4) is 22.6 Å². The van der Waals surface area contributed by atoms with E-state index in [1.165, 1.54) is 32.1 Å². The van der Waals surface area contributed by atoms with Gasteiger partial charge in [0.05, 0.1) is 13.7 Å². The Morgan fingerprint density at radius 2 is 1.71 bits per heavy atom. The minimum absolute atomic E-state index is 0.0966. The second kappa shape index (κ2) is 5.72. The maximum Gasteiger partial charge on any atom is 0.201 e. The van der Waals surface area contributed by atoms with Crippen molar-refractivity contribution in [1.82, 2.24) is 0 Å². The molecule has 2 nitrogen and oxygen atoms in total. The summed E-state index contributed by atoms with van der Waals surface area (Å²) in [5.41, 5.74) is 0.815. The zero-order chi connectivity index (χ0) is 14.8. The largest absolute Gasteiger partial charge is 0.494 e. The molecule has 3 rings (SSSR count). The molecule has 0 saturated heterocycles. The normalized spacial score (nSPS) is 14.0. The van der Waals surface area contributed by atoms with Crippen LogP contribution in [0, 0.1) is 17.6 Å². The highest BCUT2D eigenvalue weighted by atomic mass is 19.2. The summed E-state index contributed by atoms with van der Waals surface area (Å²) >= 11 is 0. The summed E-state index contributed by atoms with van der Waals surface area (Å²) in [6, 6.07) is 9.94. The van der Waals surface area contributed by atoms with Gasteiger partial charge in [0.25, 0.3) is 0 Å². The fraction of sp³-hybridized carbons (Fsp3) is 0.294. The maximum atomic E-state index is 14.0. The smallest absolute Gasteiger partial charge is 0.201 e. The van der Waals surface area contributed by atoms with Crippen LogP contribution in [0.5, 0.6) is 11.5 Å². The van der Waals surface area contributed by atoms with Gasteiger partial charge in [-0.3, -0.25) is 0 Å². The molecule has 0 atom stereocenters. The third-order valence-electron chi connectivity index (χ3n) is 3.61. The summed E-state index contributed by atoms with van der Waals surface area (Å²) < 4.78 is 38.1. The van der Waals surface area contributed by atoms with Crippen molar-refractivity contribution < 1.29 is 18.3 Å². The van der Waals surface area contributed by atoms with E-state index >= 15 is 0 Å². The molecule has 0 spiro atoms. The Morgan fingerprint density at radius 3 is 2.33 bits per heavy atom. The first-order chi connectivity index (χ1) is 10.2. The lowest BCUT2D eigenvalue weighted by atomic mass is 10.0. The third-order valence-corrected chi connectivity index (χ3v) is 3.61. The third kappa shape index (κ3) is 2.99. The Kier molecular flexibility index (Phi) is 3.78. The van der Waals surface area contributed by atoms with Crippen LogP contribution in [0.15, 0.2) is 36.4 Å². The van der Waals surface area contributed by atoms with Gasteiger partial charge in [-0.05, 0) is 48.6 Å². The Morgan fingerprint density at radius 1 is 1.00 bits per heavy atom. The standard InChI is InChI=1S/C17H16F2O2/c1-20-15-9-8-14(16(18)17(15)19)12-4-6-13(7-5-12)21-10-11-2-3-11/h4-9,11H,2-3,10H2,1H3. The van der Waals surface area contributed by atoms with Crippen molar-refractivity contribution in [2.45, 2.75) is 12.8 Å². The van der Waals surface area contributed by atoms with E-state index in [0.717, 1.165) is 12.4 Å². The predicted molar refractivity (Wildman–Crippen MR) is 76.6 cm³/mol. The van der Waals surface area contributed by atoms with Crippen molar-refractivity contribution in [2.24, 2.45) is 5.92 Å². The van der Waals surface area contributed by atoms with Gasteiger partial charge in [-0.25, -0.2) is 4.39 Å². The Hall–Kier alpha value is -2.10. The van der Waals surface area contributed by atoms with Crippen LogP contribution < -0.4 is 9.47 Å². The molecule has 0 aromatic heterocycles. The second-order valence-electron chi connectivity index (χ2n) is 5.22. The molecule has 0 radical (unpaired) electrons. The van der Waals surface area contributed by atoms with Gasteiger partial charge < -0.3 is 9.47 Å². The number of halogens is 2. The molecule has 1 fully saturated rings. The molecule has 1 aliphatic carbocycles. The van der Waals surface area contributed by atoms with Crippen LogP contribution in [-0.2, 0) is 0 Å². The van der Waals surface area contributed by atoms with Crippen molar-refractivity contribution in [1.29, 1.82) is 0 Å². The summed E-state index contributed by atoms with van der Waals surface area (Å²) in [7, 11) is 1.31. The van der Waals surface area contributed by atoms with E-state index < -0.39 is 11.6 Å². The first-order valence-electron chi connectivity index (χ1n) is 6.94. The minimum Gasteiger partial charge on any atom is -0.494 e. The van der Waals surface area contributed by atoms with Gasteiger partial charge in [0.2, 0.25) is 5.82 Å². The number of rotatable bonds is 5. The maximum absolute atomic E-state index is 14.0. The van der Waals surface area contributed by atoms with Gasteiger partial charge in [0, 0.05) is 5.56 Å². The molecule has 0 bridgehead atoms. The zero-order valence-corrected chi connectivity index (χ0v) is 11.7. The molecule has 1 aliphatic rings. The number of benzene rings is 2. The molecule has 0 amide bonds. The van der Waals surface area contributed by atoms with Crippen LogP contribution in [0.4, 0.5) is 8.78 Å². The quantitative estimate of drug-likeness (QED) is 0.811. The number of hydrogen-bond acceptors (Lipinski definition) is 2. The van der Waals surface area contributed by atoms with E-state index in [1.807, 2.05) is 0 Å². The summed E-state index contributed by atoms with van der Waals surface area (Å²) in [5, 5.41) is 0. The van der Waals surface area contributed by atoms with Crippen LogP contribution in [0.25, 0.3) is 11.1 Å². The lowest BCUT2D eigenvalue weighted by Gasteiger charge is -2.09. The molecule has 0 heterocycles. The summed E-state index contributed by atoms with van der Waals surface area (Å²) in [6.45, 7) is 0.727. The van der Waals surface area contributed by atoms with Crippen LogP contribution in [-0.4, -0.2) is 13.7 Å². The zero-order valence-electron chi connectivity index (χ0n) is 11.7. The first kappa shape index (κ1) is 13.9. The molecular formula is C17H16F2O2. The van der Waals surface area contributed by atoms with Crippen molar-refractivity contribution in [2.75, 3.05) is 13.7 Å². The van der Waals surface area contributed by atoms with Gasteiger partial charge in [-0.1, -0.05) is 12.1 Å². The highest BCUT2D eigenvalue weighted by molar-refractivity contribution is 5.66. The van der Waals surface area contributed by atoms with E-state index in [1.54, 1.807) is 24.3 Å². The molecule has 21 heavy (non-hydrogen) atoms. The lowest BCUT2D eigenvalue weighted by molar-refractivity contribution is 0.300. The van der Waals surface area contributed by atoms with Crippen LogP contribution in [0.1, 0.15) is 12.8 Å². The molecule has 0 N–H and O–H groups in total. The van der Waals surface area contributed by atoms with E-state index in [2.05, 4.69) is 0 Å². The molecular weight excluding hydrogens is 274 g/mol. The minimum atomic E-state index is -0.968. The molecule has 2 aromatic carbocycles. The van der Waals surface area contributed by atoms with E-state index in [0.29, 0.717) is 11.5 Å². The molecule has 1 saturated carbocycles. The Bertz CT molecular complexity index is 634. The number of methoxy groups -OCH3 is 1. The fourth-order valence-corrected chi connectivity index (χ4v) is 2.14. The van der Waals surface area contributed by atoms with Crippen molar-refractivity contribution in [3.63, 3.8) is 0 Å². The topological polar surface area (TPSA) is 18.5 Å². The average molecular weight is 290 g/mol. The van der Waals surface area contributed by atoms with Gasteiger partial charge in [0.15, 0.2) is 11.6 Å². The molecule has 110 valence electrons. The van der Waals surface area contributed by atoms with Gasteiger partial charge in [-0.15, -0.1) is 0 Å². The highest BCUT2D eigenvalue weighted by Crippen LogP contribution is 2.32. The SMILES string of the molecule is COc1ccc(-c2ccc(OCC3CC3)cc2)c(F)c1F. The summed E-state index contributed by atoms with van der Waals surface area (Å²) in [6.07, 6.45) is 2.46. The van der Waals surface area contributed by atoms with E-state index in [-0.39, 0.29) is 11.3 Å². The van der Waals surface area contributed by atoms with E-state index in [9.17, 15) is 8.78 Å². The Balaban J connectivity index is 1.81. The van der Waals surface area contributed by atoms with Crippen LogP contribution in [0.2, 0.25) is 0 Å². The number of ether oxygens (including phenoxy) is 2. The van der Waals surface area contributed by atoms with Gasteiger partial charge in [0.1, 0.15) is 5.75 Å². The molecule has 0 aliphatic heterocycles. The lowest BCUT2D eigenvalue weighted by Crippen LogP contribution is -1.98. The van der Waals surface area contributed by atoms with Crippen LogP contribution >= 0.6 is 0 Å². The monoisotopic (exact) mass is 290 g/mol. The molecule has 0 unspecified atom stereocenters.